The fraction of sp³-hybridized carbons (Fsp3) is 0. The second kappa shape index (κ2) is 9.39. The van der Waals surface area contributed by atoms with E-state index in [1.54, 1.807) is 30.3 Å². The molecule has 0 aliphatic rings. The van der Waals surface area contributed by atoms with Crippen molar-refractivity contribution in [1.82, 2.24) is 9.78 Å². The summed E-state index contributed by atoms with van der Waals surface area (Å²) in [6.07, 6.45) is 0. The van der Waals surface area contributed by atoms with Gasteiger partial charge < -0.3 is 9.11 Å². The van der Waals surface area contributed by atoms with Gasteiger partial charge in [0.25, 0.3) is 5.56 Å². The van der Waals surface area contributed by atoms with Gasteiger partial charge in [-0.25, -0.2) is 21.5 Å². The summed E-state index contributed by atoms with van der Waals surface area (Å²) in [6.45, 7) is 0. The minimum atomic E-state index is -5.04. The molecular formula is C15H10N2Na2O7S2. The number of aromatic amines is 1. The van der Waals surface area contributed by atoms with E-state index in [9.17, 15) is 30.7 Å². The Bertz CT molecular complexity index is 1250. The molecule has 0 fully saturated rings. The molecular weight excluding hydrogens is 430 g/mol. The summed E-state index contributed by atoms with van der Waals surface area (Å²) in [4.78, 5) is 10.6. The maximum Gasteiger partial charge on any atom is 1.00 e. The molecule has 1 heterocycles. The topological polar surface area (TPSA) is 152 Å². The maximum absolute atomic E-state index is 12.3. The molecule has 0 atom stereocenters. The van der Waals surface area contributed by atoms with E-state index in [2.05, 4.69) is 5.10 Å². The summed E-state index contributed by atoms with van der Waals surface area (Å²) >= 11 is 0. The molecule has 0 radical (unpaired) electrons. The Morgan fingerprint density at radius 2 is 1.43 bits per heavy atom. The van der Waals surface area contributed by atoms with Crippen molar-refractivity contribution in [2.24, 2.45) is 0 Å². The van der Waals surface area contributed by atoms with Crippen LogP contribution in [0.5, 0.6) is 0 Å². The number of H-pyrrole nitrogens is 1. The SMILES string of the molecule is O=c1cc(-c2ccccc2)[nH]n1-c1cc(S(=O)(=O)[O-])ccc1S(=O)(=O)[O-].[Na+].[Na+]. The normalized spacial score (nSPS) is 11.4. The summed E-state index contributed by atoms with van der Waals surface area (Å²) in [5.74, 6) is 0. The quantitative estimate of drug-likeness (QED) is 0.314. The van der Waals surface area contributed by atoms with E-state index in [1.165, 1.54) is 0 Å². The van der Waals surface area contributed by atoms with E-state index in [4.69, 9.17) is 0 Å². The van der Waals surface area contributed by atoms with Crippen molar-refractivity contribution >= 4 is 20.2 Å². The van der Waals surface area contributed by atoms with Gasteiger partial charge in [-0.3, -0.25) is 9.89 Å². The van der Waals surface area contributed by atoms with Gasteiger partial charge in [-0.1, -0.05) is 30.3 Å². The van der Waals surface area contributed by atoms with E-state index in [-0.39, 0.29) is 59.1 Å². The Morgan fingerprint density at radius 1 is 0.821 bits per heavy atom. The van der Waals surface area contributed by atoms with Crippen LogP contribution in [0.4, 0.5) is 0 Å². The number of nitrogens with one attached hydrogen (secondary N) is 1. The predicted molar refractivity (Wildman–Crippen MR) is 87.8 cm³/mol. The summed E-state index contributed by atoms with van der Waals surface area (Å²) in [5.41, 5.74) is -0.388. The first-order chi connectivity index (χ1) is 12.1. The van der Waals surface area contributed by atoms with Gasteiger partial charge in [-0.05, 0) is 23.8 Å². The first-order valence-corrected chi connectivity index (χ1v) is 9.83. The Balaban J connectivity index is 0.00000196. The molecule has 0 saturated heterocycles. The van der Waals surface area contributed by atoms with Crippen molar-refractivity contribution in [2.75, 3.05) is 0 Å². The van der Waals surface area contributed by atoms with Crippen LogP contribution >= 0.6 is 0 Å². The zero-order chi connectivity index (χ0) is 19.1. The van der Waals surface area contributed by atoms with Crippen LogP contribution in [0, 0.1) is 0 Å². The molecule has 0 aliphatic heterocycles. The Hall–Kier alpha value is -0.730. The third-order valence-corrected chi connectivity index (χ3v) is 5.25. The number of hydrogen-bond donors (Lipinski definition) is 1. The molecule has 0 bridgehead atoms. The molecule has 0 unspecified atom stereocenters. The van der Waals surface area contributed by atoms with E-state index in [0.717, 1.165) is 6.07 Å². The molecule has 1 aromatic heterocycles. The van der Waals surface area contributed by atoms with Gasteiger partial charge >= 0.3 is 59.1 Å². The molecule has 3 aromatic rings. The minimum absolute atomic E-state index is 0. The maximum atomic E-state index is 12.3. The summed E-state index contributed by atoms with van der Waals surface area (Å²) < 4.78 is 68.7. The molecule has 13 heteroatoms. The van der Waals surface area contributed by atoms with E-state index in [0.29, 0.717) is 34.1 Å². The number of nitrogens with zero attached hydrogens (tertiary/aromatic N) is 1. The molecule has 1 N–H and O–H groups in total. The van der Waals surface area contributed by atoms with Gasteiger partial charge in [0.2, 0.25) is 0 Å². The minimum Gasteiger partial charge on any atom is -0.744 e. The van der Waals surface area contributed by atoms with Crippen LogP contribution in [0.25, 0.3) is 16.9 Å². The Labute approximate surface area is 204 Å². The molecule has 2 aromatic carbocycles. The zero-order valence-electron chi connectivity index (χ0n) is 14.8. The second-order valence-corrected chi connectivity index (χ2v) is 7.97. The van der Waals surface area contributed by atoms with Crippen molar-refractivity contribution < 1.29 is 85.1 Å². The largest absolute Gasteiger partial charge is 1.00 e. The first-order valence-electron chi connectivity index (χ1n) is 7.01. The van der Waals surface area contributed by atoms with E-state index >= 15 is 0 Å². The van der Waals surface area contributed by atoms with E-state index in [1.807, 2.05) is 0 Å². The Morgan fingerprint density at radius 3 is 1.96 bits per heavy atom. The second-order valence-electron chi connectivity index (χ2n) is 5.25. The van der Waals surface area contributed by atoms with Gasteiger partial charge in [-0.2, -0.15) is 0 Å². The molecule has 0 spiro atoms. The van der Waals surface area contributed by atoms with E-state index < -0.39 is 41.3 Å². The molecule has 0 aliphatic carbocycles. The van der Waals surface area contributed by atoms with Gasteiger partial charge in [0.05, 0.1) is 21.2 Å². The first kappa shape index (κ1) is 25.3. The van der Waals surface area contributed by atoms with Gasteiger partial charge in [-0.15, -0.1) is 0 Å². The fourth-order valence-corrected chi connectivity index (χ4v) is 3.51. The number of aromatic nitrogens is 2. The summed E-state index contributed by atoms with van der Waals surface area (Å²) in [6, 6.07) is 11.7. The monoisotopic (exact) mass is 440 g/mol. The fourth-order valence-electron chi connectivity index (χ4n) is 2.38. The number of benzene rings is 2. The van der Waals surface area contributed by atoms with Gasteiger partial charge in [0, 0.05) is 6.07 Å². The predicted octanol–water partition coefficient (Wildman–Crippen LogP) is -5.35. The van der Waals surface area contributed by atoms with Crippen molar-refractivity contribution in [3.8, 4) is 16.9 Å². The zero-order valence-corrected chi connectivity index (χ0v) is 20.5. The molecule has 136 valence electrons. The molecule has 28 heavy (non-hydrogen) atoms. The third kappa shape index (κ3) is 5.45. The van der Waals surface area contributed by atoms with Crippen LogP contribution in [-0.2, 0) is 20.2 Å². The molecule has 0 saturated carbocycles. The number of rotatable bonds is 4. The standard InChI is InChI=1S/C15H12N2O7S2.2Na/c18-15-9-12(10-4-2-1-3-5-10)16-17(15)13-8-11(25(19,20)21)6-7-14(13)26(22,23)24;;/h1-9,16H,(H,19,20,21)(H,22,23,24);;/q;2*+1/p-2. The number of hydrogen-bond acceptors (Lipinski definition) is 7. The van der Waals surface area contributed by atoms with Crippen LogP contribution < -0.4 is 64.7 Å². The summed E-state index contributed by atoms with van der Waals surface area (Å²) in [7, 11) is -9.97. The van der Waals surface area contributed by atoms with Gasteiger partial charge in [0.15, 0.2) is 0 Å². The molecule has 3 rings (SSSR count). The third-order valence-electron chi connectivity index (χ3n) is 3.53. The Kier molecular flexibility index (Phi) is 8.49. The summed E-state index contributed by atoms with van der Waals surface area (Å²) in [5, 5.41) is 2.61. The van der Waals surface area contributed by atoms with Crippen molar-refractivity contribution in [1.29, 1.82) is 0 Å². The van der Waals surface area contributed by atoms with Crippen LogP contribution in [-0.4, -0.2) is 35.7 Å². The van der Waals surface area contributed by atoms with Crippen molar-refractivity contribution in [2.45, 2.75) is 9.79 Å². The smallest absolute Gasteiger partial charge is 0.744 e. The van der Waals surface area contributed by atoms with Crippen LogP contribution in [0.3, 0.4) is 0 Å². The van der Waals surface area contributed by atoms with Crippen molar-refractivity contribution in [3.05, 3.63) is 65.0 Å². The average Bonchev–Trinajstić information content (AvgIpc) is 2.95. The van der Waals surface area contributed by atoms with Gasteiger partial charge in [0.1, 0.15) is 20.2 Å². The van der Waals surface area contributed by atoms with Crippen LogP contribution in [0.1, 0.15) is 0 Å². The molecule has 0 amide bonds. The van der Waals surface area contributed by atoms with Crippen molar-refractivity contribution in [3.63, 3.8) is 0 Å². The molecule has 9 nitrogen and oxygen atoms in total. The average molecular weight is 440 g/mol. The van der Waals surface area contributed by atoms with Crippen LogP contribution in [0.2, 0.25) is 0 Å². The van der Waals surface area contributed by atoms with Crippen LogP contribution in [0.15, 0.2) is 69.2 Å².